The van der Waals surface area contributed by atoms with Crippen LogP contribution in [0.15, 0.2) is 71.8 Å². The molecule has 5 nitrogen and oxygen atoms in total. The standard InChI is InChI=1S/C17H17N3O2S.ClH/c18-15(13-6-2-1-3-7-13)12-20-23(21,22)17-10-4-9-16-14(17)8-5-11-19-16;/h1-11,15,20H,12,18H2;1H. The van der Waals surface area contributed by atoms with Crippen molar-refractivity contribution >= 4 is 33.3 Å². The van der Waals surface area contributed by atoms with Crippen molar-refractivity contribution in [2.45, 2.75) is 10.9 Å². The summed E-state index contributed by atoms with van der Waals surface area (Å²) in [6.07, 6.45) is 1.64. The molecule has 126 valence electrons. The lowest BCUT2D eigenvalue weighted by molar-refractivity contribution is 0.573. The number of halogens is 1. The first kappa shape index (κ1) is 18.4. The minimum Gasteiger partial charge on any atom is -0.323 e. The van der Waals surface area contributed by atoms with Crippen molar-refractivity contribution < 1.29 is 8.42 Å². The first-order valence-electron chi connectivity index (χ1n) is 7.22. The Bertz CT molecular complexity index is 912. The highest BCUT2D eigenvalue weighted by molar-refractivity contribution is 7.89. The summed E-state index contributed by atoms with van der Waals surface area (Å²) in [6.45, 7) is 0.128. The second-order valence-electron chi connectivity index (χ2n) is 5.20. The molecule has 0 fully saturated rings. The van der Waals surface area contributed by atoms with Gasteiger partial charge in [-0.15, -0.1) is 12.4 Å². The molecular formula is C17H18ClN3O2S. The van der Waals surface area contributed by atoms with E-state index in [0.717, 1.165) is 5.56 Å². The number of hydrogen-bond donors (Lipinski definition) is 2. The predicted molar refractivity (Wildman–Crippen MR) is 97.5 cm³/mol. The molecule has 3 rings (SSSR count). The van der Waals surface area contributed by atoms with Gasteiger partial charge in [0.1, 0.15) is 0 Å². The maximum absolute atomic E-state index is 12.6. The van der Waals surface area contributed by atoms with Crippen molar-refractivity contribution in [2.75, 3.05) is 6.54 Å². The number of nitrogens with zero attached hydrogens (tertiary/aromatic N) is 1. The van der Waals surface area contributed by atoms with Crippen LogP contribution in [0.2, 0.25) is 0 Å². The lowest BCUT2D eigenvalue weighted by Crippen LogP contribution is -2.32. The highest BCUT2D eigenvalue weighted by Crippen LogP contribution is 2.21. The Morgan fingerprint density at radius 2 is 1.75 bits per heavy atom. The van der Waals surface area contributed by atoms with Gasteiger partial charge in [-0.3, -0.25) is 4.98 Å². The molecule has 3 aromatic rings. The summed E-state index contributed by atoms with van der Waals surface area (Å²) in [7, 11) is -3.66. The number of nitrogens with one attached hydrogen (secondary N) is 1. The molecule has 0 aliphatic carbocycles. The molecule has 0 saturated heterocycles. The fourth-order valence-corrected chi connectivity index (χ4v) is 3.68. The summed E-state index contributed by atoms with van der Waals surface area (Å²) in [5.74, 6) is 0. The molecule has 1 atom stereocenters. The molecule has 24 heavy (non-hydrogen) atoms. The SMILES string of the molecule is Cl.NC(CNS(=O)(=O)c1cccc2ncccc12)c1ccccc1. The van der Waals surface area contributed by atoms with Gasteiger partial charge in [0.15, 0.2) is 0 Å². The Morgan fingerprint density at radius 1 is 1.00 bits per heavy atom. The Hall–Kier alpha value is -1.99. The average Bonchev–Trinajstić information content (AvgIpc) is 2.60. The highest BCUT2D eigenvalue weighted by atomic mass is 35.5. The zero-order chi connectivity index (χ0) is 16.3. The van der Waals surface area contributed by atoms with Crippen molar-refractivity contribution in [3.63, 3.8) is 0 Å². The lowest BCUT2D eigenvalue weighted by atomic mass is 10.1. The largest absolute Gasteiger partial charge is 0.323 e. The molecule has 3 N–H and O–H groups in total. The van der Waals surface area contributed by atoms with E-state index in [1.165, 1.54) is 0 Å². The van der Waals surface area contributed by atoms with Crippen LogP contribution in [0.1, 0.15) is 11.6 Å². The lowest BCUT2D eigenvalue weighted by Gasteiger charge is -2.14. The number of fused-ring (bicyclic) bond motifs is 1. The maximum Gasteiger partial charge on any atom is 0.241 e. The summed E-state index contributed by atoms with van der Waals surface area (Å²) in [5.41, 5.74) is 7.58. The quantitative estimate of drug-likeness (QED) is 0.729. The van der Waals surface area contributed by atoms with Gasteiger partial charge < -0.3 is 5.73 Å². The van der Waals surface area contributed by atoms with E-state index in [-0.39, 0.29) is 23.8 Å². The van der Waals surface area contributed by atoms with Gasteiger partial charge in [-0.05, 0) is 29.8 Å². The molecule has 1 heterocycles. The van der Waals surface area contributed by atoms with Gasteiger partial charge in [-0.25, -0.2) is 13.1 Å². The third-order valence-corrected chi connectivity index (χ3v) is 5.10. The van der Waals surface area contributed by atoms with E-state index in [0.29, 0.717) is 10.9 Å². The minimum atomic E-state index is -3.66. The zero-order valence-corrected chi connectivity index (χ0v) is 14.4. The summed E-state index contributed by atoms with van der Waals surface area (Å²) >= 11 is 0. The molecule has 0 spiro atoms. The molecule has 0 aliphatic rings. The Morgan fingerprint density at radius 3 is 2.50 bits per heavy atom. The van der Waals surface area contributed by atoms with Crippen molar-refractivity contribution in [1.29, 1.82) is 0 Å². The van der Waals surface area contributed by atoms with Crippen molar-refractivity contribution in [2.24, 2.45) is 5.73 Å². The van der Waals surface area contributed by atoms with Crippen LogP contribution in [0.4, 0.5) is 0 Å². The monoisotopic (exact) mass is 363 g/mol. The molecule has 1 unspecified atom stereocenters. The summed E-state index contributed by atoms with van der Waals surface area (Å²) in [6, 6.07) is 17.5. The Labute approximate surface area is 147 Å². The third kappa shape index (κ3) is 3.91. The van der Waals surface area contributed by atoms with Gasteiger partial charge in [0.2, 0.25) is 10.0 Å². The summed E-state index contributed by atoms with van der Waals surface area (Å²) in [4.78, 5) is 4.39. The van der Waals surface area contributed by atoms with Crippen LogP contribution < -0.4 is 10.5 Å². The summed E-state index contributed by atoms with van der Waals surface area (Å²) < 4.78 is 27.8. The smallest absolute Gasteiger partial charge is 0.241 e. The van der Waals surface area contributed by atoms with Crippen LogP contribution in [-0.2, 0) is 10.0 Å². The minimum absolute atomic E-state index is 0. The van der Waals surface area contributed by atoms with Crippen LogP contribution in [-0.4, -0.2) is 19.9 Å². The van der Waals surface area contributed by atoms with Crippen molar-refractivity contribution in [1.82, 2.24) is 9.71 Å². The molecule has 0 bridgehead atoms. The molecule has 0 amide bonds. The fraction of sp³-hybridized carbons (Fsp3) is 0.118. The van der Waals surface area contributed by atoms with E-state index in [1.807, 2.05) is 30.3 Å². The second kappa shape index (κ2) is 7.72. The van der Waals surface area contributed by atoms with Crippen LogP contribution in [0.5, 0.6) is 0 Å². The number of rotatable bonds is 5. The fourth-order valence-electron chi connectivity index (χ4n) is 2.40. The van der Waals surface area contributed by atoms with Gasteiger partial charge in [0.25, 0.3) is 0 Å². The van der Waals surface area contributed by atoms with Crippen molar-refractivity contribution in [3.05, 3.63) is 72.4 Å². The number of hydrogen-bond acceptors (Lipinski definition) is 4. The van der Waals surface area contributed by atoms with Crippen LogP contribution in [0.3, 0.4) is 0 Å². The van der Waals surface area contributed by atoms with Gasteiger partial charge in [0.05, 0.1) is 10.4 Å². The molecular weight excluding hydrogens is 346 g/mol. The number of benzene rings is 2. The van der Waals surface area contributed by atoms with Crippen molar-refractivity contribution in [3.8, 4) is 0 Å². The number of nitrogens with two attached hydrogens (primary N) is 1. The van der Waals surface area contributed by atoms with Gasteiger partial charge in [0, 0.05) is 24.2 Å². The molecule has 0 saturated carbocycles. The molecule has 0 aliphatic heterocycles. The predicted octanol–water partition coefficient (Wildman–Crippen LogP) is 2.63. The Balaban J connectivity index is 0.00000208. The van der Waals surface area contributed by atoms with Crippen LogP contribution in [0.25, 0.3) is 10.9 Å². The van der Waals surface area contributed by atoms with Gasteiger partial charge >= 0.3 is 0 Å². The zero-order valence-electron chi connectivity index (χ0n) is 12.8. The second-order valence-corrected chi connectivity index (χ2v) is 6.93. The third-order valence-electron chi connectivity index (χ3n) is 3.62. The molecule has 1 aromatic heterocycles. The van der Waals surface area contributed by atoms with E-state index < -0.39 is 16.1 Å². The van der Waals surface area contributed by atoms with E-state index in [2.05, 4.69) is 9.71 Å². The van der Waals surface area contributed by atoms with E-state index >= 15 is 0 Å². The first-order chi connectivity index (χ1) is 11.1. The number of sulfonamides is 1. The van der Waals surface area contributed by atoms with E-state index in [4.69, 9.17) is 5.73 Å². The number of aromatic nitrogens is 1. The Kier molecular flexibility index (Phi) is 5.90. The normalized spacial score (nSPS) is 12.5. The highest BCUT2D eigenvalue weighted by Gasteiger charge is 2.18. The van der Waals surface area contributed by atoms with Gasteiger partial charge in [-0.1, -0.05) is 36.4 Å². The van der Waals surface area contributed by atoms with E-state index in [1.54, 1.807) is 36.5 Å². The average molecular weight is 364 g/mol. The molecule has 7 heteroatoms. The van der Waals surface area contributed by atoms with Crippen LogP contribution in [0, 0.1) is 0 Å². The van der Waals surface area contributed by atoms with Crippen LogP contribution >= 0.6 is 12.4 Å². The first-order valence-corrected chi connectivity index (χ1v) is 8.70. The topological polar surface area (TPSA) is 85.1 Å². The molecule has 0 radical (unpaired) electrons. The summed E-state index contributed by atoms with van der Waals surface area (Å²) in [5, 5.41) is 0.593. The molecule has 2 aromatic carbocycles. The number of pyridine rings is 1. The van der Waals surface area contributed by atoms with Gasteiger partial charge in [-0.2, -0.15) is 0 Å². The maximum atomic E-state index is 12.6. The van der Waals surface area contributed by atoms with E-state index in [9.17, 15) is 8.42 Å².